The summed E-state index contributed by atoms with van der Waals surface area (Å²) in [6.07, 6.45) is -6.80. The predicted molar refractivity (Wildman–Crippen MR) is 164 cm³/mol. The van der Waals surface area contributed by atoms with Gasteiger partial charge in [0.05, 0.1) is 26.4 Å². The molecular formula is C33H34N6O8. The van der Waals surface area contributed by atoms with E-state index in [4.69, 9.17) is 37.9 Å². The van der Waals surface area contributed by atoms with E-state index in [0.717, 1.165) is 16.7 Å². The quantitative estimate of drug-likeness (QED) is 0.150. The fraction of sp³-hybridized carbons (Fsp3) is 0.455. The summed E-state index contributed by atoms with van der Waals surface area (Å²) < 4.78 is 50.5. The van der Waals surface area contributed by atoms with Crippen molar-refractivity contribution in [2.75, 3.05) is 13.2 Å². The van der Waals surface area contributed by atoms with E-state index >= 15 is 0 Å². The minimum absolute atomic E-state index is 0.170. The third-order valence-electron chi connectivity index (χ3n) is 8.65. The summed E-state index contributed by atoms with van der Waals surface area (Å²) in [6, 6.07) is 27.0. The van der Waals surface area contributed by atoms with E-state index in [2.05, 4.69) is 20.1 Å². The molecule has 0 spiro atoms. The second kappa shape index (κ2) is 14.8. The second-order valence-corrected chi connectivity index (χ2v) is 11.6. The molecule has 14 heteroatoms. The molecule has 0 radical (unpaired) electrons. The Labute approximate surface area is 270 Å². The van der Waals surface area contributed by atoms with Crippen molar-refractivity contribution >= 4 is 0 Å². The molecule has 7 rings (SSSR count). The average Bonchev–Trinajstić information content (AvgIpc) is 3.56. The maximum Gasteiger partial charge on any atom is 0.184 e. The van der Waals surface area contributed by atoms with Crippen LogP contribution in [0.2, 0.25) is 0 Å². The van der Waals surface area contributed by atoms with Gasteiger partial charge in [-0.3, -0.25) is 0 Å². The third kappa shape index (κ3) is 6.98. The highest BCUT2D eigenvalue weighted by Crippen LogP contribution is 2.40. The zero-order valence-electron chi connectivity index (χ0n) is 25.3. The van der Waals surface area contributed by atoms with Gasteiger partial charge in [0.1, 0.15) is 48.7 Å². The normalized spacial score (nSPS) is 34.4. The van der Waals surface area contributed by atoms with Crippen molar-refractivity contribution in [3.8, 4) is 0 Å². The Bertz CT molecular complexity index is 1560. The maximum atomic E-state index is 9.75. The molecule has 0 amide bonds. The van der Waals surface area contributed by atoms with Gasteiger partial charge in [0.15, 0.2) is 18.9 Å². The summed E-state index contributed by atoms with van der Waals surface area (Å²) in [4.78, 5) is 6.19. The van der Waals surface area contributed by atoms with Crippen LogP contribution in [0.3, 0.4) is 0 Å². The SMILES string of the molecule is [N-]=[N+]=N[C@@H]1[C@@H](O[C@H]2[C@H](OCc3ccccc3)[C@@H](N=[N+]=[N-])[C@@H]3OC[C@H]2O3)O[C@@H]2CO[C@@H](c3ccccc3)O[C@H]2[C@@H]1OCc1ccccc1. The van der Waals surface area contributed by atoms with Gasteiger partial charge in [0.25, 0.3) is 0 Å². The number of azide groups is 2. The monoisotopic (exact) mass is 642 g/mol. The Morgan fingerprint density at radius 1 is 0.638 bits per heavy atom. The zero-order chi connectivity index (χ0) is 32.0. The molecule has 244 valence electrons. The van der Waals surface area contributed by atoms with Gasteiger partial charge in [-0.1, -0.05) is 101 Å². The van der Waals surface area contributed by atoms with Crippen LogP contribution in [-0.4, -0.2) is 74.5 Å². The third-order valence-corrected chi connectivity index (χ3v) is 8.65. The van der Waals surface area contributed by atoms with Gasteiger partial charge in [0.2, 0.25) is 0 Å². The Balaban J connectivity index is 1.18. The molecule has 47 heavy (non-hydrogen) atoms. The van der Waals surface area contributed by atoms with Crippen molar-refractivity contribution < 1.29 is 37.9 Å². The lowest BCUT2D eigenvalue weighted by molar-refractivity contribution is -0.360. The lowest BCUT2D eigenvalue weighted by atomic mass is 9.94. The Hall–Kier alpha value is -4.04. The van der Waals surface area contributed by atoms with Crippen LogP contribution in [0.15, 0.2) is 101 Å². The van der Waals surface area contributed by atoms with Gasteiger partial charge in [-0.05, 0) is 22.2 Å². The zero-order valence-corrected chi connectivity index (χ0v) is 25.3. The summed E-state index contributed by atoms with van der Waals surface area (Å²) in [5.41, 5.74) is 21.9. The van der Waals surface area contributed by atoms with E-state index in [1.165, 1.54) is 0 Å². The van der Waals surface area contributed by atoms with Crippen molar-refractivity contribution in [3.63, 3.8) is 0 Å². The minimum Gasteiger partial charge on any atom is -0.370 e. The molecular weight excluding hydrogens is 608 g/mol. The molecule has 0 aromatic heterocycles. The first kappa shape index (κ1) is 31.6. The fourth-order valence-corrected chi connectivity index (χ4v) is 6.40. The molecule has 4 aliphatic heterocycles. The van der Waals surface area contributed by atoms with Crippen molar-refractivity contribution in [1.82, 2.24) is 0 Å². The van der Waals surface area contributed by atoms with Gasteiger partial charge >= 0.3 is 0 Å². The molecule has 11 atom stereocenters. The van der Waals surface area contributed by atoms with Crippen LogP contribution in [0.1, 0.15) is 23.0 Å². The van der Waals surface area contributed by atoms with Crippen LogP contribution in [0.4, 0.5) is 0 Å². The topological polar surface area (TPSA) is 171 Å². The predicted octanol–water partition coefficient (Wildman–Crippen LogP) is 5.49. The molecule has 14 nitrogen and oxygen atoms in total. The molecule has 3 aromatic rings. The first-order valence-corrected chi connectivity index (χ1v) is 15.5. The Morgan fingerprint density at radius 2 is 1.23 bits per heavy atom. The molecule has 0 N–H and O–H groups in total. The van der Waals surface area contributed by atoms with E-state index in [0.29, 0.717) is 0 Å². The van der Waals surface area contributed by atoms with Crippen LogP contribution < -0.4 is 0 Å². The van der Waals surface area contributed by atoms with Crippen molar-refractivity contribution in [2.24, 2.45) is 10.2 Å². The van der Waals surface area contributed by atoms with Gasteiger partial charge in [-0.15, -0.1) is 0 Å². The Kier molecular flexibility index (Phi) is 9.94. The number of benzene rings is 3. The van der Waals surface area contributed by atoms with Crippen molar-refractivity contribution in [1.29, 1.82) is 0 Å². The molecule has 0 saturated carbocycles. The molecule has 4 fully saturated rings. The highest BCUT2D eigenvalue weighted by molar-refractivity contribution is 5.18. The average molecular weight is 643 g/mol. The second-order valence-electron chi connectivity index (χ2n) is 11.6. The largest absolute Gasteiger partial charge is 0.370 e. The number of ether oxygens (including phenoxy) is 8. The molecule has 0 aliphatic carbocycles. The van der Waals surface area contributed by atoms with Gasteiger partial charge in [0, 0.05) is 15.4 Å². The van der Waals surface area contributed by atoms with Crippen LogP contribution in [0.5, 0.6) is 0 Å². The Morgan fingerprint density at radius 3 is 1.89 bits per heavy atom. The summed E-state index contributed by atoms with van der Waals surface area (Å²) in [5.74, 6) is 0. The van der Waals surface area contributed by atoms with Gasteiger partial charge < -0.3 is 37.9 Å². The lowest BCUT2D eigenvalue weighted by Gasteiger charge is -2.49. The fourth-order valence-electron chi connectivity index (χ4n) is 6.40. The molecule has 4 aliphatic rings. The maximum absolute atomic E-state index is 9.75. The van der Waals surface area contributed by atoms with E-state index < -0.39 is 67.6 Å². The van der Waals surface area contributed by atoms with E-state index in [-0.39, 0.29) is 26.4 Å². The number of fused-ring (bicyclic) bond motifs is 3. The van der Waals surface area contributed by atoms with E-state index in [1.807, 2.05) is 91.0 Å². The molecule has 3 aromatic carbocycles. The van der Waals surface area contributed by atoms with E-state index in [1.54, 1.807) is 0 Å². The van der Waals surface area contributed by atoms with E-state index in [9.17, 15) is 11.1 Å². The van der Waals surface area contributed by atoms with Gasteiger partial charge in [-0.25, -0.2) is 0 Å². The highest BCUT2D eigenvalue weighted by Gasteiger charge is 2.56. The lowest BCUT2D eigenvalue weighted by Crippen LogP contribution is -2.64. The van der Waals surface area contributed by atoms with Gasteiger partial charge in [-0.2, -0.15) is 0 Å². The number of rotatable bonds is 11. The highest BCUT2D eigenvalue weighted by atomic mass is 16.8. The minimum atomic E-state index is -1.12. The van der Waals surface area contributed by atoms with Crippen LogP contribution in [0, 0.1) is 0 Å². The summed E-state index contributed by atoms with van der Waals surface area (Å²) in [5, 5.41) is 8.11. The number of hydrogen-bond donors (Lipinski definition) is 0. The number of nitrogens with zero attached hydrogens (tertiary/aromatic N) is 6. The first-order chi connectivity index (χ1) is 23.2. The molecule has 2 bridgehead atoms. The summed E-state index contributed by atoms with van der Waals surface area (Å²) >= 11 is 0. The number of hydrogen-bond acceptors (Lipinski definition) is 10. The molecule has 0 unspecified atom stereocenters. The standard InChI is InChI=1S/C33H34N6O8/c34-38-36-25-29(40-16-20-10-4-1-5-11-20)28(23-19-43-32(25)44-23)47-33-26(37-39-35)30(41-17-21-12-6-2-7-13-21)27-24(45-33)18-42-31(46-27)22-14-8-3-9-15-22/h1-15,23-33H,16-19H2/t23-,24-,25-,26+,27-,28-,29-,30-,31-,32-,33-/m1/s1. The van der Waals surface area contributed by atoms with Crippen molar-refractivity contribution in [3.05, 3.63) is 129 Å². The van der Waals surface area contributed by atoms with Crippen LogP contribution in [-0.2, 0) is 51.1 Å². The van der Waals surface area contributed by atoms with Crippen LogP contribution in [0.25, 0.3) is 20.9 Å². The molecule has 4 saturated heterocycles. The summed E-state index contributed by atoms with van der Waals surface area (Å²) in [6.45, 7) is 0.806. The molecule has 4 heterocycles. The smallest absolute Gasteiger partial charge is 0.184 e. The van der Waals surface area contributed by atoms with Crippen LogP contribution >= 0.6 is 0 Å². The van der Waals surface area contributed by atoms with Crippen molar-refractivity contribution in [2.45, 2.75) is 80.8 Å². The first-order valence-electron chi connectivity index (χ1n) is 15.5. The summed E-state index contributed by atoms with van der Waals surface area (Å²) in [7, 11) is 0.